The van der Waals surface area contributed by atoms with Crippen molar-refractivity contribution < 1.29 is 14.6 Å². The Hall–Kier alpha value is -1.75. The van der Waals surface area contributed by atoms with E-state index in [1.807, 2.05) is 26.0 Å². The predicted octanol–water partition coefficient (Wildman–Crippen LogP) is 3.30. The molecule has 0 bridgehead atoms. The molecule has 6 nitrogen and oxygen atoms in total. The topological polar surface area (TPSA) is 78.1 Å². The van der Waals surface area contributed by atoms with Crippen LogP contribution in [-0.2, 0) is 6.42 Å². The van der Waals surface area contributed by atoms with Crippen LogP contribution in [0.15, 0.2) is 17.1 Å². The van der Waals surface area contributed by atoms with Gasteiger partial charge in [0.2, 0.25) is 0 Å². The van der Waals surface area contributed by atoms with Gasteiger partial charge in [0.1, 0.15) is 5.25 Å². The number of hydrogen-bond acceptors (Lipinski definition) is 7. The number of aliphatic hydroxyl groups is 1. The first kappa shape index (κ1) is 22.9. The summed E-state index contributed by atoms with van der Waals surface area (Å²) < 4.78 is 11.5. The number of fused-ring (bicyclic) bond motifs is 1. The maximum Gasteiger partial charge on any atom is 0.161 e. The molecule has 2 atom stereocenters. The predicted molar refractivity (Wildman–Crippen MR) is 122 cm³/mol. The van der Waals surface area contributed by atoms with E-state index in [-0.39, 0.29) is 0 Å². The fraction of sp³-hybridized carbons (Fsp3) is 0.652. The lowest BCUT2D eigenvalue weighted by Crippen LogP contribution is -2.37. The molecule has 2 unspecified atom stereocenters. The normalized spacial score (nSPS) is 18.7. The molecule has 1 N–H and O–H groups in total. The van der Waals surface area contributed by atoms with Gasteiger partial charge in [-0.05, 0) is 63.9 Å². The van der Waals surface area contributed by atoms with Crippen molar-refractivity contribution in [2.24, 2.45) is 4.99 Å². The van der Waals surface area contributed by atoms with Crippen molar-refractivity contribution >= 4 is 17.5 Å². The van der Waals surface area contributed by atoms with E-state index in [1.54, 1.807) is 0 Å². The maximum absolute atomic E-state index is 10.5. The van der Waals surface area contributed by atoms with E-state index in [4.69, 9.17) is 14.5 Å². The minimum Gasteiger partial charge on any atom is -0.490 e. The summed E-state index contributed by atoms with van der Waals surface area (Å²) in [5.41, 5.74) is 2.90. The molecule has 2 heterocycles. The highest BCUT2D eigenvalue weighted by molar-refractivity contribution is 8.00. The van der Waals surface area contributed by atoms with E-state index in [0.29, 0.717) is 37.8 Å². The summed E-state index contributed by atoms with van der Waals surface area (Å²) in [6, 6.07) is 6.40. The van der Waals surface area contributed by atoms with Gasteiger partial charge < -0.3 is 19.5 Å². The number of nitriles is 1. The molecule has 1 saturated heterocycles. The van der Waals surface area contributed by atoms with Crippen LogP contribution in [0.1, 0.15) is 44.2 Å². The number of aliphatic imine (C=N–C) groups is 1. The minimum atomic E-state index is -0.438. The Labute approximate surface area is 184 Å². The SMILES string of the molecule is CCOc1cc2c(cc1OCC)C(C(C#N)SCC(O)CN1CCCCC1)=NCC2. The number of hydrogen-bond donors (Lipinski definition) is 1. The lowest BCUT2D eigenvalue weighted by molar-refractivity contribution is 0.117. The number of rotatable bonds is 10. The second kappa shape index (κ2) is 11.6. The summed E-state index contributed by atoms with van der Waals surface area (Å²) in [5.74, 6) is 1.97. The van der Waals surface area contributed by atoms with Crippen LogP contribution in [0.4, 0.5) is 0 Å². The van der Waals surface area contributed by atoms with E-state index in [9.17, 15) is 10.4 Å². The lowest BCUT2D eigenvalue weighted by atomic mass is 9.95. The molecule has 1 aromatic carbocycles. The molecular formula is C23H33N3O3S. The molecule has 1 fully saturated rings. The fourth-order valence-corrected chi connectivity index (χ4v) is 5.02. The second-order valence-electron chi connectivity index (χ2n) is 7.70. The highest BCUT2D eigenvalue weighted by atomic mass is 32.2. The summed E-state index contributed by atoms with van der Waals surface area (Å²) >= 11 is 1.48. The number of β-amino-alcohol motifs (C(OH)–C–C–N with tert-alkyl or cyclic N) is 1. The quantitative estimate of drug-likeness (QED) is 0.612. The molecule has 0 amide bonds. The van der Waals surface area contributed by atoms with E-state index in [0.717, 1.165) is 42.1 Å². The van der Waals surface area contributed by atoms with E-state index in [1.165, 1.54) is 31.0 Å². The zero-order valence-electron chi connectivity index (χ0n) is 18.1. The third-order valence-corrected chi connectivity index (χ3v) is 6.69. The van der Waals surface area contributed by atoms with E-state index >= 15 is 0 Å². The molecule has 3 rings (SSSR count). The van der Waals surface area contributed by atoms with Crippen molar-refractivity contribution in [1.82, 2.24) is 4.90 Å². The number of benzene rings is 1. The molecule has 0 spiro atoms. The van der Waals surface area contributed by atoms with Gasteiger partial charge in [-0.2, -0.15) is 5.26 Å². The van der Waals surface area contributed by atoms with Gasteiger partial charge in [-0.25, -0.2) is 0 Å². The summed E-state index contributed by atoms with van der Waals surface area (Å²) in [6.07, 6.45) is 4.09. The third-order valence-electron chi connectivity index (χ3n) is 5.45. The van der Waals surface area contributed by atoms with Gasteiger partial charge in [-0.3, -0.25) is 4.99 Å². The van der Waals surface area contributed by atoms with Crippen LogP contribution in [0.5, 0.6) is 11.5 Å². The average molecular weight is 432 g/mol. The van der Waals surface area contributed by atoms with Gasteiger partial charge in [0.15, 0.2) is 11.5 Å². The molecule has 2 aliphatic rings. The molecular weight excluding hydrogens is 398 g/mol. The Balaban J connectivity index is 1.70. The van der Waals surface area contributed by atoms with Gasteiger partial charge in [0.05, 0.1) is 31.1 Å². The van der Waals surface area contributed by atoms with Crippen molar-refractivity contribution in [2.75, 3.05) is 45.1 Å². The average Bonchev–Trinajstić information content (AvgIpc) is 2.76. The molecule has 0 aliphatic carbocycles. The number of thioether (sulfide) groups is 1. The Morgan fingerprint density at radius 1 is 1.17 bits per heavy atom. The van der Waals surface area contributed by atoms with Gasteiger partial charge in [0.25, 0.3) is 0 Å². The number of nitrogens with zero attached hydrogens (tertiary/aromatic N) is 3. The van der Waals surface area contributed by atoms with Crippen LogP contribution in [-0.4, -0.2) is 72.2 Å². The smallest absolute Gasteiger partial charge is 0.161 e. The van der Waals surface area contributed by atoms with Crippen LogP contribution >= 0.6 is 11.8 Å². The van der Waals surface area contributed by atoms with Crippen molar-refractivity contribution in [3.63, 3.8) is 0 Å². The van der Waals surface area contributed by atoms with Gasteiger partial charge >= 0.3 is 0 Å². The summed E-state index contributed by atoms with van der Waals surface area (Å²) in [6.45, 7) is 8.49. The Morgan fingerprint density at radius 3 is 2.53 bits per heavy atom. The molecule has 0 saturated carbocycles. The van der Waals surface area contributed by atoms with Gasteiger partial charge in [0, 0.05) is 24.4 Å². The minimum absolute atomic E-state index is 0.410. The molecule has 30 heavy (non-hydrogen) atoms. The van der Waals surface area contributed by atoms with Gasteiger partial charge in [-0.15, -0.1) is 11.8 Å². The highest BCUT2D eigenvalue weighted by Gasteiger charge is 2.26. The second-order valence-corrected chi connectivity index (χ2v) is 8.83. The lowest BCUT2D eigenvalue weighted by Gasteiger charge is -2.28. The molecule has 164 valence electrons. The van der Waals surface area contributed by atoms with Crippen LogP contribution in [0.2, 0.25) is 0 Å². The zero-order valence-corrected chi connectivity index (χ0v) is 18.9. The van der Waals surface area contributed by atoms with Crippen LogP contribution < -0.4 is 9.47 Å². The van der Waals surface area contributed by atoms with E-state index < -0.39 is 11.4 Å². The molecule has 7 heteroatoms. The number of likely N-dealkylation sites (tertiary alicyclic amines) is 1. The standard InChI is InChI=1S/C23H33N3O3S/c1-3-28-20-12-17-8-9-25-23(19(17)13-21(20)29-4-2)22(14-24)30-16-18(27)15-26-10-6-5-7-11-26/h12-13,18,22,27H,3-11,15-16H2,1-2H3. The maximum atomic E-state index is 10.5. The van der Waals surface area contributed by atoms with Crippen LogP contribution in [0.3, 0.4) is 0 Å². The third kappa shape index (κ3) is 5.90. The Kier molecular flexibility index (Phi) is 8.86. The molecule has 2 aliphatic heterocycles. The number of aliphatic hydroxyl groups excluding tert-OH is 1. The first-order valence-electron chi connectivity index (χ1n) is 11.0. The van der Waals surface area contributed by atoms with E-state index in [2.05, 4.69) is 11.0 Å². The summed E-state index contributed by atoms with van der Waals surface area (Å²) in [7, 11) is 0. The number of ether oxygens (including phenoxy) is 2. The summed E-state index contributed by atoms with van der Waals surface area (Å²) in [5, 5.41) is 19.9. The first-order valence-corrected chi connectivity index (χ1v) is 12.1. The monoisotopic (exact) mass is 431 g/mol. The first-order chi connectivity index (χ1) is 14.7. The highest BCUT2D eigenvalue weighted by Crippen LogP contribution is 2.35. The fourth-order valence-electron chi connectivity index (χ4n) is 4.07. The Morgan fingerprint density at radius 2 is 1.87 bits per heavy atom. The molecule has 0 radical (unpaired) electrons. The number of piperidine rings is 1. The van der Waals surface area contributed by atoms with Crippen molar-refractivity contribution in [1.29, 1.82) is 5.26 Å². The molecule has 1 aromatic rings. The van der Waals surface area contributed by atoms with Crippen molar-refractivity contribution in [3.05, 3.63) is 23.3 Å². The van der Waals surface area contributed by atoms with Crippen molar-refractivity contribution in [2.45, 2.75) is 50.9 Å². The zero-order chi connectivity index (χ0) is 21.3. The van der Waals surface area contributed by atoms with Crippen LogP contribution in [0, 0.1) is 11.3 Å². The largest absolute Gasteiger partial charge is 0.490 e. The van der Waals surface area contributed by atoms with Gasteiger partial charge in [-0.1, -0.05) is 6.42 Å². The van der Waals surface area contributed by atoms with Crippen molar-refractivity contribution in [3.8, 4) is 17.6 Å². The molecule has 0 aromatic heterocycles. The summed E-state index contributed by atoms with van der Waals surface area (Å²) in [4.78, 5) is 7.02. The van der Waals surface area contributed by atoms with Crippen LogP contribution in [0.25, 0.3) is 0 Å². The Bertz CT molecular complexity index is 772.